The van der Waals surface area contributed by atoms with Gasteiger partial charge in [-0.05, 0) is 32.2 Å². The number of pyridine rings is 1. The van der Waals surface area contributed by atoms with E-state index in [0.717, 1.165) is 16.1 Å². The molecular weight excluding hydrogens is 358 g/mol. The monoisotopic (exact) mass is 377 g/mol. The number of sulfonamides is 1. The Morgan fingerprint density at radius 3 is 2.60 bits per heavy atom. The minimum absolute atomic E-state index is 0.0624. The van der Waals surface area contributed by atoms with Gasteiger partial charge in [-0.2, -0.15) is 0 Å². The zero-order valence-corrected chi connectivity index (χ0v) is 15.8. The third-order valence-corrected chi connectivity index (χ3v) is 6.38. The highest BCUT2D eigenvalue weighted by Gasteiger charge is 2.23. The number of benzene rings is 1. The van der Waals surface area contributed by atoms with Crippen LogP contribution in [0.3, 0.4) is 0 Å². The van der Waals surface area contributed by atoms with Crippen LogP contribution < -0.4 is 10.3 Å². The number of nitrogens with one attached hydrogen (secondary N) is 3. The average molecular weight is 377 g/mol. The molecule has 8 heteroatoms. The molecule has 0 aliphatic heterocycles. The van der Waals surface area contributed by atoms with Gasteiger partial charge in [0.05, 0.1) is 0 Å². The second-order valence-corrected chi connectivity index (χ2v) is 8.33. The van der Waals surface area contributed by atoms with Gasteiger partial charge in [0.15, 0.2) is 0 Å². The molecule has 0 fully saturated rings. The zero-order chi connectivity index (χ0) is 18.2. The van der Waals surface area contributed by atoms with Crippen molar-refractivity contribution in [3.8, 4) is 0 Å². The number of fused-ring (bicyclic) bond motifs is 1. The summed E-state index contributed by atoms with van der Waals surface area (Å²) in [6.07, 6.45) is 1.86. The van der Waals surface area contributed by atoms with Gasteiger partial charge in [-0.15, -0.1) is 11.8 Å². The van der Waals surface area contributed by atoms with E-state index in [9.17, 15) is 13.2 Å². The summed E-state index contributed by atoms with van der Waals surface area (Å²) >= 11 is 1.42. The van der Waals surface area contributed by atoms with Gasteiger partial charge in [0.2, 0.25) is 10.0 Å². The Labute approximate surface area is 150 Å². The maximum absolute atomic E-state index is 12.8. The van der Waals surface area contributed by atoms with E-state index in [4.69, 9.17) is 0 Å². The first-order valence-electron chi connectivity index (χ1n) is 7.67. The molecule has 0 saturated heterocycles. The highest BCUT2D eigenvalue weighted by atomic mass is 32.2. The summed E-state index contributed by atoms with van der Waals surface area (Å²) in [7, 11) is -3.77. The summed E-state index contributed by atoms with van der Waals surface area (Å²) in [6, 6.07) is 9.08. The fourth-order valence-corrected chi connectivity index (χ4v) is 4.98. The van der Waals surface area contributed by atoms with Crippen LogP contribution in [0.4, 0.5) is 0 Å². The van der Waals surface area contributed by atoms with Gasteiger partial charge in [-0.25, -0.2) is 13.1 Å². The van der Waals surface area contributed by atoms with Crippen LogP contribution in [-0.2, 0) is 16.6 Å². The van der Waals surface area contributed by atoms with Crippen LogP contribution in [0.15, 0.2) is 44.9 Å². The molecule has 0 amide bonds. The molecule has 3 aromatic rings. The summed E-state index contributed by atoms with van der Waals surface area (Å²) in [5, 5.41) is 0.635. The lowest BCUT2D eigenvalue weighted by Gasteiger charge is -2.10. The number of rotatable bonds is 5. The van der Waals surface area contributed by atoms with Crippen molar-refractivity contribution in [2.24, 2.45) is 0 Å². The number of aromatic amines is 2. The molecule has 3 rings (SSSR count). The molecule has 0 aliphatic rings. The minimum Gasteiger partial charge on any atom is -0.357 e. The predicted octanol–water partition coefficient (Wildman–Crippen LogP) is 2.67. The number of aryl methyl sites for hydroxylation is 2. The topological polar surface area (TPSA) is 94.8 Å². The van der Waals surface area contributed by atoms with Crippen molar-refractivity contribution in [2.45, 2.75) is 30.2 Å². The fourth-order valence-electron chi connectivity index (χ4n) is 2.87. The van der Waals surface area contributed by atoms with Crippen LogP contribution in [0.25, 0.3) is 10.9 Å². The molecule has 1 aromatic carbocycles. The highest BCUT2D eigenvalue weighted by Crippen LogP contribution is 2.26. The Hall–Kier alpha value is -2.03. The molecule has 0 bridgehead atoms. The molecule has 0 saturated carbocycles. The molecule has 2 heterocycles. The van der Waals surface area contributed by atoms with Gasteiger partial charge in [0.1, 0.15) is 4.90 Å². The largest absolute Gasteiger partial charge is 0.357 e. The van der Waals surface area contributed by atoms with Crippen molar-refractivity contribution in [2.75, 3.05) is 6.26 Å². The molecule has 132 valence electrons. The van der Waals surface area contributed by atoms with Crippen LogP contribution in [0.2, 0.25) is 0 Å². The Morgan fingerprint density at radius 1 is 1.16 bits per heavy atom. The lowest BCUT2D eigenvalue weighted by Crippen LogP contribution is -2.28. The highest BCUT2D eigenvalue weighted by molar-refractivity contribution is 7.98. The van der Waals surface area contributed by atoms with Gasteiger partial charge in [0.25, 0.3) is 5.56 Å². The minimum atomic E-state index is -3.77. The third kappa shape index (κ3) is 3.37. The Morgan fingerprint density at radius 2 is 1.88 bits per heavy atom. The van der Waals surface area contributed by atoms with Crippen molar-refractivity contribution in [1.29, 1.82) is 0 Å². The van der Waals surface area contributed by atoms with Gasteiger partial charge >= 0.3 is 0 Å². The molecule has 0 unspecified atom stereocenters. The average Bonchev–Trinajstić information content (AvgIpc) is 2.89. The van der Waals surface area contributed by atoms with E-state index in [2.05, 4.69) is 14.7 Å². The van der Waals surface area contributed by atoms with E-state index in [-0.39, 0.29) is 17.0 Å². The van der Waals surface area contributed by atoms with Crippen LogP contribution in [-0.4, -0.2) is 24.6 Å². The first kappa shape index (κ1) is 17.8. The van der Waals surface area contributed by atoms with Crippen molar-refractivity contribution in [1.82, 2.24) is 14.7 Å². The van der Waals surface area contributed by atoms with Crippen LogP contribution in [0.5, 0.6) is 0 Å². The van der Waals surface area contributed by atoms with E-state index in [1.165, 1.54) is 11.8 Å². The molecule has 6 nitrogen and oxygen atoms in total. The smallest absolute Gasteiger partial charge is 0.253 e. The van der Waals surface area contributed by atoms with Crippen molar-refractivity contribution in [3.63, 3.8) is 0 Å². The Bertz CT molecular complexity index is 1100. The molecule has 0 atom stereocenters. The molecule has 0 radical (unpaired) electrons. The van der Waals surface area contributed by atoms with Crippen LogP contribution in [0, 0.1) is 13.8 Å². The maximum Gasteiger partial charge on any atom is 0.253 e. The standard InChI is InChI=1S/C17H19N3O3S2/c1-10-8-15(24-3)13(17(21)19-10)9-18-25(22,23)16-11(2)20-14-7-5-4-6-12(14)16/h4-8,18,20H,9H2,1-3H3,(H,19,21). The number of aromatic nitrogens is 2. The summed E-state index contributed by atoms with van der Waals surface area (Å²) in [4.78, 5) is 19.0. The SMILES string of the molecule is CSc1cc(C)[nH]c(=O)c1CNS(=O)(=O)c1c(C)[nH]c2ccccc12. The number of hydrogen-bond donors (Lipinski definition) is 3. The van der Waals surface area contributed by atoms with E-state index in [1.54, 1.807) is 26.0 Å². The lowest BCUT2D eigenvalue weighted by molar-refractivity contribution is 0.580. The number of hydrogen-bond acceptors (Lipinski definition) is 4. The number of thioether (sulfide) groups is 1. The molecule has 25 heavy (non-hydrogen) atoms. The van der Waals surface area contributed by atoms with Gasteiger partial charge in [-0.3, -0.25) is 4.79 Å². The van der Waals surface area contributed by atoms with Crippen molar-refractivity contribution in [3.05, 3.63) is 57.6 Å². The van der Waals surface area contributed by atoms with E-state index in [1.807, 2.05) is 24.5 Å². The van der Waals surface area contributed by atoms with E-state index >= 15 is 0 Å². The number of para-hydroxylation sites is 1. The second-order valence-electron chi connectivity index (χ2n) is 5.78. The summed E-state index contributed by atoms with van der Waals surface area (Å²) < 4.78 is 28.2. The van der Waals surface area contributed by atoms with Gasteiger partial charge in [0, 0.05) is 39.3 Å². The second kappa shape index (κ2) is 6.70. The zero-order valence-electron chi connectivity index (χ0n) is 14.1. The summed E-state index contributed by atoms with van der Waals surface area (Å²) in [5.74, 6) is 0. The van der Waals surface area contributed by atoms with E-state index in [0.29, 0.717) is 16.6 Å². The first-order chi connectivity index (χ1) is 11.8. The fraction of sp³-hybridized carbons (Fsp3) is 0.235. The van der Waals surface area contributed by atoms with Crippen molar-refractivity contribution >= 4 is 32.7 Å². The Kier molecular flexibility index (Phi) is 4.77. The van der Waals surface area contributed by atoms with E-state index < -0.39 is 10.0 Å². The molecular formula is C17H19N3O3S2. The normalized spacial score (nSPS) is 12.0. The van der Waals surface area contributed by atoms with Crippen LogP contribution >= 0.6 is 11.8 Å². The van der Waals surface area contributed by atoms with Crippen LogP contribution in [0.1, 0.15) is 17.0 Å². The quantitative estimate of drug-likeness (QED) is 0.596. The predicted molar refractivity (Wildman–Crippen MR) is 101 cm³/mol. The Balaban J connectivity index is 1.98. The lowest BCUT2D eigenvalue weighted by atomic mass is 10.2. The first-order valence-corrected chi connectivity index (χ1v) is 10.4. The molecule has 2 aromatic heterocycles. The summed E-state index contributed by atoms with van der Waals surface area (Å²) in [6.45, 7) is 3.46. The number of H-pyrrole nitrogens is 2. The third-order valence-electron chi connectivity index (χ3n) is 3.99. The molecule has 0 spiro atoms. The molecule has 3 N–H and O–H groups in total. The van der Waals surface area contributed by atoms with Gasteiger partial charge in [-0.1, -0.05) is 18.2 Å². The maximum atomic E-state index is 12.8. The molecule has 0 aliphatic carbocycles. The van der Waals surface area contributed by atoms with Gasteiger partial charge < -0.3 is 9.97 Å². The summed E-state index contributed by atoms with van der Waals surface area (Å²) in [5.41, 5.74) is 2.21. The van der Waals surface area contributed by atoms with Crippen molar-refractivity contribution < 1.29 is 8.42 Å².